The summed E-state index contributed by atoms with van der Waals surface area (Å²) in [5.41, 5.74) is 6.58. The van der Waals surface area contributed by atoms with E-state index in [1.165, 1.54) is 18.2 Å². The second-order valence-corrected chi connectivity index (χ2v) is 3.91. The first-order valence-electron chi connectivity index (χ1n) is 5.54. The molecule has 106 valence electrons. The Kier molecular flexibility index (Phi) is 4.79. The third-order valence-electron chi connectivity index (χ3n) is 2.21. The third-order valence-corrected chi connectivity index (χ3v) is 2.21. The van der Waals surface area contributed by atoms with Crippen LogP contribution in [-0.4, -0.2) is 25.1 Å². The van der Waals surface area contributed by atoms with Gasteiger partial charge in [0.25, 0.3) is 0 Å². The topological polar surface area (TPSA) is 135 Å². The van der Waals surface area contributed by atoms with Crippen LogP contribution in [0.4, 0.5) is 11.6 Å². The maximum atomic E-state index is 10.2. The van der Waals surface area contributed by atoms with Gasteiger partial charge in [0.05, 0.1) is 0 Å². The second-order valence-electron chi connectivity index (χ2n) is 3.91. The van der Waals surface area contributed by atoms with Gasteiger partial charge in [0.2, 0.25) is 5.75 Å². The van der Waals surface area contributed by atoms with Gasteiger partial charge >= 0.3 is 5.82 Å². The van der Waals surface area contributed by atoms with Gasteiger partial charge < -0.3 is 26.1 Å². The molecular formula is C12H14N4O4. The van der Waals surface area contributed by atoms with Crippen molar-refractivity contribution in [3.05, 3.63) is 45.8 Å². The minimum Gasteiger partial charge on any atom is -0.504 e. The monoisotopic (exact) mass is 278 g/mol. The number of nitrogens with zero attached hydrogens (tertiary/aromatic N) is 3. The number of anilines is 1. The summed E-state index contributed by atoms with van der Waals surface area (Å²) >= 11 is 0. The molecule has 2 aromatic rings. The molecule has 0 aliphatic heterocycles. The number of rotatable bonds is 1. The molecule has 0 aliphatic rings. The SMILES string of the molecule is Cc1ccc(O)c(N)n1.Cc1ccc(O)c([N+](=O)[O-])n1. The highest BCUT2D eigenvalue weighted by Crippen LogP contribution is 2.21. The number of aromatic nitrogens is 2. The summed E-state index contributed by atoms with van der Waals surface area (Å²) in [6.07, 6.45) is 0. The Morgan fingerprint density at radius 1 is 1.05 bits per heavy atom. The molecule has 0 aliphatic carbocycles. The molecule has 0 fully saturated rings. The molecule has 4 N–H and O–H groups in total. The zero-order valence-corrected chi connectivity index (χ0v) is 10.9. The number of pyridine rings is 2. The number of hydrogen-bond donors (Lipinski definition) is 3. The summed E-state index contributed by atoms with van der Waals surface area (Å²) < 4.78 is 0. The number of nitrogen functional groups attached to an aromatic ring is 1. The van der Waals surface area contributed by atoms with Crippen molar-refractivity contribution in [2.45, 2.75) is 13.8 Å². The van der Waals surface area contributed by atoms with E-state index in [1.807, 2.05) is 6.92 Å². The molecule has 0 bridgehead atoms. The van der Waals surface area contributed by atoms with Gasteiger partial charge in [-0.3, -0.25) is 0 Å². The van der Waals surface area contributed by atoms with Gasteiger partial charge in [-0.25, -0.2) is 4.98 Å². The molecule has 2 aromatic heterocycles. The van der Waals surface area contributed by atoms with E-state index in [1.54, 1.807) is 13.0 Å². The maximum absolute atomic E-state index is 10.2. The normalized spacial score (nSPS) is 9.50. The molecule has 0 atom stereocenters. The second kappa shape index (κ2) is 6.32. The Bertz CT molecular complexity index is 631. The standard InChI is InChI=1S/C6H6N2O3.C6H8N2O/c1-4-2-3-5(9)6(7-4)8(10)11;1-4-2-3-5(9)6(7)8-4/h2-3,9H,1H3;2-3,9H,1H3,(H2,7,8). The maximum Gasteiger partial charge on any atom is 0.406 e. The van der Waals surface area contributed by atoms with Crippen LogP contribution in [0.3, 0.4) is 0 Å². The van der Waals surface area contributed by atoms with Crippen LogP contribution in [-0.2, 0) is 0 Å². The van der Waals surface area contributed by atoms with Crippen molar-refractivity contribution in [1.82, 2.24) is 9.97 Å². The largest absolute Gasteiger partial charge is 0.504 e. The lowest BCUT2D eigenvalue weighted by Crippen LogP contribution is -1.93. The number of nitro groups is 1. The lowest BCUT2D eigenvalue weighted by atomic mass is 10.3. The Morgan fingerprint density at radius 3 is 1.95 bits per heavy atom. The summed E-state index contributed by atoms with van der Waals surface area (Å²) in [6, 6.07) is 5.98. The first kappa shape index (κ1) is 15.2. The fourth-order valence-corrected chi connectivity index (χ4v) is 1.24. The first-order valence-corrected chi connectivity index (χ1v) is 5.54. The average Bonchev–Trinajstić information content (AvgIpc) is 2.38. The van der Waals surface area contributed by atoms with E-state index in [0.717, 1.165) is 5.69 Å². The van der Waals surface area contributed by atoms with Gasteiger partial charge in [-0.2, -0.15) is 0 Å². The zero-order chi connectivity index (χ0) is 15.3. The molecule has 8 heteroatoms. The average molecular weight is 278 g/mol. The smallest absolute Gasteiger partial charge is 0.406 e. The van der Waals surface area contributed by atoms with Crippen molar-refractivity contribution < 1.29 is 15.1 Å². The van der Waals surface area contributed by atoms with E-state index in [2.05, 4.69) is 9.97 Å². The van der Waals surface area contributed by atoms with E-state index >= 15 is 0 Å². The van der Waals surface area contributed by atoms with Crippen molar-refractivity contribution >= 4 is 11.6 Å². The number of aryl methyl sites for hydroxylation is 2. The lowest BCUT2D eigenvalue weighted by molar-refractivity contribution is -0.390. The molecule has 0 radical (unpaired) electrons. The van der Waals surface area contributed by atoms with Crippen molar-refractivity contribution in [3.8, 4) is 11.5 Å². The van der Waals surface area contributed by atoms with Crippen molar-refractivity contribution in [2.75, 3.05) is 5.73 Å². The lowest BCUT2D eigenvalue weighted by Gasteiger charge is -1.96. The minimum atomic E-state index is -0.720. The summed E-state index contributed by atoms with van der Waals surface area (Å²) in [7, 11) is 0. The predicted molar refractivity (Wildman–Crippen MR) is 72.3 cm³/mol. The quantitative estimate of drug-likeness (QED) is 0.533. The molecule has 0 unspecified atom stereocenters. The highest BCUT2D eigenvalue weighted by molar-refractivity contribution is 5.44. The molecular weight excluding hydrogens is 264 g/mol. The molecule has 0 spiro atoms. The number of hydrogen-bond acceptors (Lipinski definition) is 7. The Balaban J connectivity index is 0.000000204. The van der Waals surface area contributed by atoms with Crippen molar-refractivity contribution in [2.24, 2.45) is 0 Å². The number of nitrogens with two attached hydrogens (primary N) is 1. The highest BCUT2D eigenvalue weighted by Gasteiger charge is 2.14. The van der Waals surface area contributed by atoms with Crippen LogP contribution in [0.15, 0.2) is 24.3 Å². The minimum absolute atomic E-state index is 0.0422. The van der Waals surface area contributed by atoms with E-state index in [9.17, 15) is 10.1 Å². The first-order chi connectivity index (χ1) is 9.31. The van der Waals surface area contributed by atoms with Gasteiger partial charge in [-0.05, 0) is 41.1 Å². The van der Waals surface area contributed by atoms with Crippen LogP contribution < -0.4 is 5.73 Å². The van der Waals surface area contributed by atoms with Gasteiger partial charge in [0.15, 0.2) is 11.6 Å². The van der Waals surface area contributed by atoms with E-state index in [0.29, 0.717) is 5.69 Å². The molecule has 0 saturated heterocycles. The van der Waals surface area contributed by atoms with Gasteiger partial charge in [-0.15, -0.1) is 0 Å². The molecule has 8 nitrogen and oxygen atoms in total. The van der Waals surface area contributed by atoms with Gasteiger partial charge in [0.1, 0.15) is 5.69 Å². The van der Waals surface area contributed by atoms with E-state index in [-0.39, 0.29) is 11.6 Å². The van der Waals surface area contributed by atoms with Crippen LogP contribution in [0.5, 0.6) is 11.5 Å². The van der Waals surface area contributed by atoms with E-state index in [4.69, 9.17) is 15.9 Å². The summed E-state index contributed by atoms with van der Waals surface area (Å²) in [4.78, 5) is 16.8. The molecule has 2 rings (SSSR count). The predicted octanol–water partition coefficient (Wildman–Crippen LogP) is 1.68. The summed E-state index contributed by atoms with van der Waals surface area (Å²) in [5, 5.41) is 27.9. The van der Waals surface area contributed by atoms with Crippen LogP contribution in [0.2, 0.25) is 0 Å². The van der Waals surface area contributed by atoms with Crippen LogP contribution in [0, 0.1) is 24.0 Å². The zero-order valence-electron chi connectivity index (χ0n) is 10.9. The Hall–Kier alpha value is -2.90. The molecule has 20 heavy (non-hydrogen) atoms. The van der Waals surface area contributed by atoms with Crippen LogP contribution >= 0.6 is 0 Å². The van der Waals surface area contributed by atoms with E-state index < -0.39 is 16.5 Å². The summed E-state index contributed by atoms with van der Waals surface area (Å²) in [5.74, 6) is -0.666. The fourth-order valence-electron chi connectivity index (χ4n) is 1.24. The van der Waals surface area contributed by atoms with Gasteiger partial charge in [0, 0.05) is 12.6 Å². The molecule has 0 amide bonds. The van der Waals surface area contributed by atoms with Crippen molar-refractivity contribution in [3.63, 3.8) is 0 Å². The Labute approximate surface area is 114 Å². The Morgan fingerprint density at radius 2 is 1.55 bits per heavy atom. The molecule has 0 saturated carbocycles. The van der Waals surface area contributed by atoms with Crippen LogP contribution in [0.1, 0.15) is 11.4 Å². The fraction of sp³-hybridized carbons (Fsp3) is 0.167. The third kappa shape index (κ3) is 4.09. The molecule has 0 aromatic carbocycles. The van der Waals surface area contributed by atoms with Crippen molar-refractivity contribution in [1.29, 1.82) is 0 Å². The highest BCUT2D eigenvalue weighted by atomic mass is 16.6. The van der Waals surface area contributed by atoms with Gasteiger partial charge in [-0.1, -0.05) is 0 Å². The number of aromatic hydroxyl groups is 2. The molecule has 2 heterocycles. The van der Waals surface area contributed by atoms with Crippen LogP contribution in [0.25, 0.3) is 0 Å². The summed E-state index contributed by atoms with van der Waals surface area (Å²) in [6.45, 7) is 3.43.